The molecule has 0 aromatic rings. The summed E-state index contributed by atoms with van der Waals surface area (Å²) in [6, 6.07) is -0.649. The summed E-state index contributed by atoms with van der Waals surface area (Å²) in [7, 11) is 0. The minimum Gasteiger partial charge on any atom is -0.480 e. The largest absolute Gasteiger partial charge is 0.480 e. The molecule has 5 heteroatoms. The van der Waals surface area contributed by atoms with Crippen LogP contribution in [0.15, 0.2) is 0 Å². The fraction of sp³-hybridized carbons (Fsp3) is 0.846. The van der Waals surface area contributed by atoms with Crippen molar-refractivity contribution in [3.8, 4) is 0 Å². The van der Waals surface area contributed by atoms with Gasteiger partial charge in [0.05, 0.1) is 0 Å². The Morgan fingerprint density at radius 2 is 2.06 bits per heavy atom. The maximum absolute atomic E-state index is 12.1. The summed E-state index contributed by atoms with van der Waals surface area (Å²) in [5.41, 5.74) is 0.287. The second kappa shape index (κ2) is 4.78. The van der Waals surface area contributed by atoms with E-state index in [0.717, 1.165) is 25.7 Å². The Morgan fingerprint density at radius 3 is 2.61 bits per heavy atom. The highest BCUT2D eigenvalue weighted by Crippen LogP contribution is 2.37. The topological polar surface area (TPSA) is 69.6 Å². The molecule has 2 N–H and O–H groups in total. The molecule has 2 aliphatic rings. The molecule has 5 nitrogen and oxygen atoms in total. The van der Waals surface area contributed by atoms with E-state index in [1.165, 1.54) is 4.90 Å². The van der Waals surface area contributed by atoms with E-state index in [-0.39, 0.29) is 17.5 Å². The number of carboxylic acids is 1. The predicted molar refractivity (Wildman–Crippen MR) is 67.3 cm³/mol. The maximum Gasteiger partial charge on any atom is 0.326 e. The first-order chi connectivity index (χ1) is 8.39. The summed E-state index contributed by atoms with van der Waals surface area (Å²) in [6.45, 7) is 4.96. The standard InChI is InChI=1S/C13H22N2O3/c1-13(2)6-5-9(8-13)14-12(18)15-7-3-4-10(15)11(16)17/h9-10H,3-8H2,1-2H3,(H,14,18)(H,16,17)/t9?,10-/m0/s1. The van der Waals surface area contributed by atoms with E-state index in [9.17, 15) is 9.59 Å². The van der Waals surface area contributed by atoms with Crippen LogP contribution in [0.2, 0.25) is 0 Å². The van der Waals surface area contributed by atoms with E-state index in [1.807, 2.05) is 0 Å². The van der Waals surface area contributed by atoms with E-state index in [4.69, 9.17) is 5.11 Å². The Bertz CT molecular complexity index is 354. The van der Waals surface area contributed by atoms with Crippen molar-refractivity contribution in [2.45, 2.75) is 58.0 Å². The van der Waals surface area contributed by atoms with Crippen molar-refractivity contribution in [3.05, 3.63) is 0 Å². The Morgan fingerprint density at radius 1 is 1.33 bits per heavy atom. The lowest BCUT2D eigenvalue weighted by molar-refractivity contribution is -0.141. The molecule has 1 unspecified atom stereocenters. The molecule has 0 radical (unpaired) electrons. The lowest BCUT2D eigenvalue weighted by atomic mass is 9.92. The highest BCUT2D eigenvalue weighted by molar-refractivity contribution is 5.83. The van der Waals surface area contributed by atoms with Crippen LogP contribution in [-0.2, 0) is 4.79 Å². The number of hydrogen-bond donors (Lipinski definition) is 2. The zero-order valence-corrected chi connectivity index (χ0v) is 11.1. The van der Waals surface area contributed by atoms with Gasteiger partial charge in [0.25, 0.3) is 0 Å². The maximum atomic E-state index is 12.1. The smallest absolute Gasteiger partial charge is 0.326 e. The molecule has 0 aromatic carbocycles. The monoisotopic (exact) mass is 254 g/mol. The molecule has 2 rings (SSSR count). The van der Waals surface area contributed by atoms with E-state index in [1.54, 1.807) is 0 Å². The quantitative estimate of drug-likeness (QED) is 0.789. The highest BCUT2D eigenvalue weighted by atomic mass is 16.4. The fourth-order valence-corrected chi connectivity index (χ4v) is 3.08. The fourth-order valence-electron chi connectivity index (χ4n) is 3.08. The van der Waals surface area contributed by atoms with Crippen molar-refractivity contribution >= 4 is 12.0 Å². The molecule has 1 heterocycles. The predicted octanol–water partition coefficient (Wildman–Crippen LogP) is 1.82. The van der Waals surface area contributed by atoms with Gasteiger partial charge in [-0.1, -0.05) is 13.8 Å². The lowest BCUT2D eigenvalue weighted by Gasteiger charge is -2.25. The normalized spacial score (nSPS) is 30.4. The second-order valence-corrected chi connectivity index (χ2v) is 6.24. The van der Waals surface area contributed by atoms with Crippen molar-refractivity contribution in [1.82, 2.24) is 10.2 Å². The molecular formula is C13H22N2O3. The minimum atomic E-state index is -0.894. The molecule has 0 spiro atoms. The first-order valence-corrected chi connectivity index (χ1v) is 6.69. The number of urea groups is 1. The number of nitrogens with one attached hydrogen (secondary N) is 1. The highest BCUT2D eigenvalue weighted by Gasteiger charge is 2.37. The van der Waals surface area contributed by atoms with Gasteiger partial charge in [-0.2, -0.15) is 0 Å². The summed E-state index contributed by atoms with van der Waals surface area (Å²) in [4.78, 5) is 24.6. The SMILES string of the molecule is CC1(C)CCC(NC(=O)N2CCC[C@H]2C(=O)O)C1. The van der Waals surface area contributed by atoms with Crippen LogP contribution in [-0.4, -0.2) is 40.6 Å². The third-order valence-electron chi connectivity index (χ3n) is 4.09. The van der Waals surface area contributed by atoms with Crippen LogP contribution in [0.5, 0.6) is 0 Å². The number of aliphatic carboxylic acids is 1. The van der Waals surface area contributed by atoms with Crippen LogP contribution in [0.25, 0.3) is 0 Å². The van der Waals surface area contributed by atoms with Crippen molar-refractivity contribution < 1.29 is 14.7 Å². The van der Waals surface area contributed by atoms with Crippen LogP contribution in [0.1, 0.15) is 46.0 Å². The number of hydrogen-bond acceptors (Lipinski definition) is 2. The molecular weight excluding hydrogens is 232 g/mol. The van der Waals surface area contributed by atoms with Crippen LogP contribution < -0.4 is 5.32 Å². The van der Waals surface area contributed by atoms with Crippen molar-refractivity contribution in [2.75, 3.05) is 6.54 Å². The molecule has 102 valence electrons. The van der Waals surface area contributed by atoms with Crippen molar-refractivity contribution in [3.63, 3.8) is 0 Å². The first-order valence-electron chi connectivity index (χ1n) is 6.69. The Labute approximate surface area is 108 Å². The number of rotatable bonds is 2. The molecule has 0 aromatic heterocycles. The zero-order chi connectivity index (χ0) is 13.3. The van der Waals surface area contributed by atoms with Crippen LogP contribution in [0.3, 0.4) is 0 Å². The van der Waals surface area contributed by atoms with Crippen molar-refractivity contribution in [2.24, 2.45) is 5.41 Å². The van der Waals surface area contributed by atoms with Gasteiger partial charge in [0.2, 0.25) is 0 Å². The average Bonchev–Trinajstić information content (AvgIpc) is 2.84. The number of likely N-dealkylation sites (tertiary alicyclic amines) is 1. The van der Waals surface area contributed by atoms with Gasteiger partial charge in [-0.05, 0) is 37.5 Å². The zero-order valence-electron chi connectivity index (χ0n) is 11.1. The third kappa shape index (κ3) is 2.76. The van der Waals surface area contributed by atoms with E-state index in [0.29, 0.717) is 13.0 Å². The van der Waals surface area contributed by atoms with Crippen LogP contribution in [0, 0.1) is 5.41 Å². The van der Waals surface area contributed by atoms with Crippen LogP contribution >= 0.6 is 0 Å². The number of nitrogens with zero attached hydrogens (tertiary/aromatic N) is 1. The molecule has 1 aliphatic carbocycles. The number of carboxylic acid groups (broad SMARTS) is 1. The molecule has 1 aliphatic heterocycles. The Hall–Kier alpha value is -1.26. The molecule has 1 saturated carbocycles. The lowest BCUT2D eigenvalue weighted by Crippen LogP contribution is -2.48. The molecule has 18 heavy (non-hydrogen) atoms. The summed E-state index contributed by atoms with van der Waals surface area (Å²) < 4.78 is 0. The van der Waals surface area contributed by atoms with E-state index < -0.39 is 12.0 Å². The third-order valence-corrected chi connectivity index (χ3v) is 4.09. The van der Waals surface area contributed by atoms with Gasteiger partial charge in [-0.15, -0.1) is 0 Å². The van der Waals surface area contributed by atoms with Gasteiger partial charge in [-0.3, -0.25) is 0 Å². The second-order valence-electron chi connectivity index (χ2n) is 6.24. The number of carbonyl (C=O) groups is 2. The van der Waals surface area contributed by atoms with Gasteiger partial charge in [-0.25, -0.2) is 9.59 Å². The summed E-state index contributed by atoms with van der Waals surface area (Å²) in [5, 5.41) is 12.0. The molecule has 2 atom stereocenters. The summed E-state index contributed by atoms with van der Waals surface area (Å²) in [6.07, 6.45) is 4.43. The molecule has 2 fully saturated rings. The van der Waals surface area contributed by atoms with Gasteiger partial charge >= 0.3 is 12.0 Å². The van der Waals surface area contributed by atoms with E-state index in [2.05, 4.69) is 19.2 Å². The molecule has 0 bridgehead atoms. The Kier molecular flexibility index (Phi) is 3.50. The average molecular weight is 254 g/mol. The number of amides is 2. The molecule has 1 saturated heterocycles. The minimum absolute atomic E-state index is 0.197. The summed E-state index contributed by atoms with van der Waals surface area (Å²) >= 11 is 0. The Balaban J connectivity index is 1.90. The molecule has 2 amide bonds. The number of carbonyl (C=O) groups excluding carboxylic acids is 1. The van der Waals surface area contributed by atoms with Crippen LogP contribution in [0.4, 0.5) is 4.79 Å². The van der Waals surface area contributed by atoms with Gasteiger partial charge in [0.15, 0.2) is 0 Å². The van der Waals surface area contributed by atoms with Gasteiger partial charge in [0, 0.05) is 12.6 Å². The van der Waals surface area contributed by atoms with Gasteiger partial charge in [0.1, 0.15) is 6.04 Å². The van der Waals surface area contributed by atoms with Crippen molar-refractivity contribution in [1.29, 1.82) is 0 Å². The first kappa shape index (κ1) is 13.2. The van der Waals surface area contributed by atoms with E-state index >= 15 is 0 Å². The van der Waals surface area contributed by atoms with Gasteiger partial charge < -0.3 is 15.3 Å². The summed E-state index contributed by atoms with van der Waals surface area (Å²) in [5.74, 6) is -0.894.